The van der Waals surface area contributed by atoms with Gasteiger partial charge in [-0.1, -0.05) is 29.8 Å². The van der Waals surface area contributed by atoms with Crippen LogP contribution >= 0.6 is 11.6 Å². The Morgan fingerprint density at radius 3 is 2.48 bits per heavy atom. The summed E-state index contributed by atoms with van der Waals surface area (Å²) in [5, 5.41) is 19.3. The quantitative estimate of drug-likeness (QED) is 0.671. The summed E-state index contributed by atoms with van der Waals surface area (Å²) in [7, 11) is 0. The van der Waals surface area contributed by atoms with Crippen LogP contribution in [0.3, 0.4) is 0 Å². The Kier molecular flexibility index (Phi) is 7.09. The van der Waals surface area contributed by atoms with Crippen LogP contribution in [0.25, 0.3) is 6.08 Å². The van der Waals surface area contributed by atoms with Gasteiger partial charge in [-0.25, -0.2) is 4.39 Å². The molecular weight excluding hydrogens is 419 g/mol. The summed E-state index contributed by atoms with van der Waals surface area (Å²) >= 11 is 5.95. The van der Waals surface area contributed by atoms with Gasteiger partial charge in [-0.3, -0.25) is 9.59 Å². The average Bonchev–Trinajstić information content (AvgIpc) is 2.75. The molecule has 31 heavy (non-hydrogen) atoms. The van der Waals surface area contributed by atoms with Gasteiger partial charge < -0.3 is 10.0 Å². The number of piperidine rings is 1. The molecule has 0 spiro atoms. The van der Waals surface area contributed by atoms with Crippen molar-refractivity contribution in [1.82, 2.24) is 4.90 Å². The zero-order valence-electron chi connectivity index (χ0n) is 16.9. The Bertz CT molecular complexity index is 1040. The van der Waals surface area contributed by atoms with Crippen molar-refractivity contribution in [2.24, 2.45) is 5.41 Å². The highest BCUT2D eigenvalue weighted by Gasteiger charge is 2.35. The van der Waals surface area contributed by atoms with Crippen molar-refractivity contribution in [3.05, 3.63) is 76.1 Å². The largest absolute Gasteiger partial charge is 0.481 e. The third-order valence-corrected chi connectivity index (χ3v) is 5.81. The third kappa shape index (κ3) is 5.93. The topological polar surface area (TPSA) is 81.4 Å². The van der Waals surface area contributed by atoms with Crippen molar-refractivity contribution in [2.45, 2.75) is 25.7 Å². The SMILES string of the molecule is N#CC1(Cc2ccc(F)cc2)CCN(C(=O)C=Cc2ccc(Cl)cc2CC(=O)O)CC1. The molecule has 0 radical (unpaired) electrons. The van der Waals surface area contributed by atoms with E-state index in [-0.39, 0.29) is 18.1 Å². The number of hydrogen-bond acceptors (Lipinski definition) is 3. The summed E-state index contributed by atoms with van der Waals surface area (Å²) in [5.74, 6) is -1.48. The molecule has 1 amide bonds. The summed E-state index contributed by atoms with van der Waals surface area (Å²) in [4.78, 5) is 25.4. The van der Waals surface area contributed by atoms with Crippen molar-refractivity contribution in [2.75, 3.05) is 13.1 Å². The molecule has 0 saturated carbocycles. The molecule has 0 bridgehead atoms. The van der Waals surface area contributed by atoms with Crippen LogP contribution in [0.5, 0.6) is 0 Å². The van der Waals surface area contributed by atoms with E-state index in [0.29, 0.717) is 48.5 Å². The van der Waals surface area contributed by atoms with Crippen molar-refractivity contribution in [3.8, 4) is 6.07 Å². The first-order valence-corrected chi connectivity index (χ1v) is 10.3. The first kappa shape index (κ1) is 22.5. The fourth-order valence-electron chi connectivity index (χ4n) is 3.80. The van der Waals surface area contributed by atoms with Crippen LogP contribution in [-0.2, 0) is 22.4 Å². The molecule has 1 saturated heterocycles. The van der Waals surface area contributed by atoms with Gasteiger partial charge in [-0.2, -0.15) is 5.26 Å². The number of rotatable bonds is 6. The Labute approximate surface area is 185 Å². The summed E-state index contributed by atoms with van der Waals surface area (Å²) < 4.78 is 13.1. The molecule has 160 valence electrons. The maximum absolute atomic E-state index is 13.1. The van der Waals surface area contributed by atoms with E-state index in [1.54, 1.807) is 41.3 Å². The summed E-state index contributed by atoms with van der Waals surface area (Å²) in [6, 6.07) is 13.5. The van der Waals surface area contributed by atoms with E-state index >= 15 is 0 Å². The molecule has 1 N–H and O–H groups in total. The summed E-state index contributed by atoms with van der Waals surface area (Å²) in [6.07, 6.45) is 4.42. The van der Waals surface area contributed by atoms with E-state index in [2.05, 4.69) is 6.07 Å². The molecule has 2 aromatic carbocycles. The predicted octanol–water partition coefficient (Wildman–Crippen LogP) is 4.49. The van der Waals surface area contributed by atoms with Gasteiger partial charge in [0.15, 0.2) is 0 Å². The van der Waals surface area contributed by atoms with Crippen LogP contribution in [0.1, 0.15) is 29.5 Å². The van der Waals surface area contributed by atoms with Gasteiger partial charge >= 0.3 is 5.97 Å². The fraction of sp³-hybridized carbons (Fsp3) is 0.292. The van der Waals surface area contributed by atoms with Gasteiger partial charge in [0.2, 0.25) is 5.91 Å². The number of likely N-dealkylation sites (tertiary alicyclic amines) is 1. The minimum Gasteiger partial charge on any atom is -0.481 e. The average molecular weight is 441 g/mol. The molecule has 0 aliphatic carbocycles. The van der Waals surface area contributed by atoms with Crippen LogP contribution in [0.4, 0.5) is 4.39 Å². The van der Waals surface area contributed by atoms with E-state index in [9.17, 15) is 19.2 Å². The second-order valence-electron chi connectivity index (χ2n) is 7.77. The molecular formula is C24H22ClFN2O3. The third-order valence-electron chi connectivity index (χ3n) is 5.58. The number of carbonyl (C=O) groups is 2. The maximum Gasteiger partial charge on any atom is 0.307 e. The van der Waals surface area contributed by atoms with E-state index in [0.717, 1.165) is 5.56 Å². The normalized spacial score (nSPS) is 15.6. The molecule has 0 atom stereocenters. The first-order chi connectivity index (χ1) is 14.8. The van der Waals surface area contributed by atoms with Gasteiger partial charge in [-0.05, 0) is 66.3 Å². The molecule has 1 heterocycles. The fourth-order valence-corrected chi connectivity index (χ4v) is 3.99. The lowest BCUT2D eigenvalue weighted by Crippen LogP contribution is -2.43. The molecule has 3 rings (SSSR count). The Morgan fingerprint density at radius 1 is 1.19 bits per heavy atom. The Balaban J connectivity index is 1.64. The number of benzene rings is 2. The summed E-state index contributed by atoms with van der Waals surface area (Å²) in [6.45, 7) is 0.890. The second kappa shape index (κ2) is 9.76. The number of halogens is 2. The van der Waals surface area contributed by atoms with E-state index < -0.39 is 11.4 Å². The lowest BCUT2D eigenvalue weighted by Gasteiger charge is -2.37. The van der Waals surface area contributed by atoms with Crippen molar-refractivity contribution >= 4 is 29.6 Å². The van der Waals surface area contributed by atoms with Gasteiger partial charge in [0.1, 0.15) is 5.82 Å². The number of nitriles is 1. The molecule has 5 nitrogen and oxygen atoms in total. The second-order valence-corrected chi connectivity index (χ2v) is 8.20. The standard InChI is InChI=1S/C24H22ClFN2O3/c25-20-5-3-18(19(13-20)14-23(30)31)4-8-22(29)28-11-9-24(16-27,10-12-28)15-17-1-6-21(26)7-2-17/h1-8,13H,9-12,14-15H2,(H,30,31). The van der Waals surface area contributed by atoms with Crippen LogP contribution in [0, 0.1) is 22.6 Å². The number of carboxylic acid groups (broad SMARTS) is 1. The molecule has 7 heteroatoms. The lowest BCUT2D eigenvalue weighted by atomic mass is 9.75. The Hall–Kier alpha value is -3.17. The number of hydrogen-bond donors (Lipinski definition) is 1. The van der Waals surface area contributed by atoms with Gasteiger partial charge in [-0.15, -0.1) is 0 Å². The van der Waals surface area contributed by atoms with Crippen LogP contribution in [0.15, 0.2) is 48.5 Å². The van der Waals surface area contributed by atoms with Crippen LogP contribution in [0.2, 0.25) is 5.02 Å². The van der Waals surface area contributed by atoms with E-state index in [1.807, 2.05) is 0 Å². The monoisotopic (exact) mass is 440 g/mol. The highest BCUT2D eigenvalue weighted by molar-refractivity contribution is 6.30. The van der Waals surface area contributed by atoms with Crippen LogP contribution in [-0.4, -0.2) is 35.0 Å². The minimum absolute atomic E-state index is 0.188. The maximum atomic E-state index is 13.1. The molecule has 1 aliphatic heterocycles. The van der Waals surface area contributed by atoms with Crippen molar-refractivity contribution < 1.29 is 19.1 Å². The highest BCUT2D eigenvalue weighted by atomic mass is 35.5. The van der Waals surface area contributed by atoms with Gasteiger partial charge in [0.25, 0.3) is 0 Å². The molecule has 2 aromatic rings. The molecule has 1 aliphatic rings. The van der Waals surface area contributed by atoms with E-state index in [1.165, 1.54) is 18.2 Å². The lowest BCUT2D eigenvalue weighted by molar-refractivity contribution is -0.136. The van der Waals surface area contributed by atoms with Crippen LogP contribution < -0.4 is 0 Å². The molecule has 0 unspecified atom stereocenters. The minimum atomic E-state index is -0.978. The number of nitrogens with zero attached hydrogens (tertiary/aromatic N) is 2. The first-order valence-electron chi connectivity index (χ1n) is 9.93. The zero-order chi connectivity index (χ0) is 22.4. The number of carbonyl (C=O) groups excluding carboxylic acids is 1. The van der Waals surface area contributed by atoms with Crippen molar-refractivity contribution in [3.63, 3.8) is 0 Å². The number of carboxylic acids is 1. The van der Waals surface area contributed by atoms with Gasteiger partial charge in [0, 0.05) is 24.2 Å². The highest BCUT2D eigenvalue weighted by Crippen LogP contribution is 2.34. The van der Waals surface area contributed by atoms with E-state index in [4.69, 9.17) is 16.7 Å². The molecule has 0 aromatic heterocycles. The predicted molar refractivity (Wildman–Crippen MR) is 116 cm³/mol. The van der Waals surface area contributed by atoms with Gasteiger partial charge in [0.05, 0.1) is 17.9 Å². The molecule has 1 fully saturated rings. The number of aliphatic carboxylic acids is 1. The smallest absolute Gasteiger partial charge is 0.307 e. The Morgan fingerprint density at radius 2 is 1.87 bits per heavy atom. The van der Waals surface area contributed by atoms with Crippen molar-refractivity contribution in [1.29, 1.82) is 5.26 Å². The summed E-state index contributed by atoms with van der Waals surface area (Å²) in [5.41, 5.74) is 1.48. The number of amides is 1. The zero-order valence-corrected chi connectivity index (χ0v) is 17.6.